The van der Waals surface area contributed by atoms with Crippen molar-refractivity contribution in [3.05, 3.63) is 47.6 Å². The van der Waals surface area contributed by atoms with E-state index in [1.807, 2.05) is 17.1 Å². The van der Waals surface area contributed by atoms with Crippen molar-refractivity contribution in [2.24, 2.45) is 5.73 Å². The first-order valence-corrected chi connectivity index (χ1v) is 8.67. The van der Waals surface area contributed by atoms with Crippen molar-refractivity contribution in [1.82, 2.24) is 19.5 Å². The van der Waals surface area contributed by atoms with Gasteiger partial charge in [0.2, 0.25) is 0 Å². The van der Waals surface area contributed by atoms with Gasteiger partial charge in [0.15, 0.2) is 5.13 Å². The number of aryl methyl sites for hydroxylation is 1. The van der Waals surface area contributed by atoms with Crippen LogP contribution >= 0.6 is 11.3 Å². The van der Waals surface area contributed by atoms with Gasteiger partial charge in [0, 0.05) is 36.4 Å². The number of thiazole rings is 1. The van der Waals surface area contributed by atoms with Crippen LogP contribution in [-0.2, 0) is 13.0 Å². The molecule has 0 aliphatic rings. The van der Waals surface area contributed by atoms with Gasteiger partial charge in [-0.05, 0) is 25.3 Å². The Morgan fingerprint density at radius 3 is 2.88 bits per heavy atom. The summed E-state index contributed by atoms with van der Waals surface area (Å²) in [6.45, 7) is 0.914. The number of amides is 1. The number of aromatic nitrogens is 4. The number of nitrogens with one attached hydrogen (secondary N) is 1. The third kappa shape index (κ3) is 4.32. The summed E-state index contributed by atoms with van der Waals surface area (Å²) in [6.07, 6.45) is 11.4. The van der Waals surface area contributed by atoms with Gasteiger partial charge in [-0.1, -0.05) is 11.3 Å². The minimum absolute atomic E-state index is 0.397. The highest BCUT2D eigenvalue weighted by atomic mass is 32.1. The summed E-state index contributed by atoms with van der Waals surface area (Å²) >= 11 is 1.19. The Morgan fingerprint density at radius 1 is 1.28 bits per heavy atom. The Kier molecular flexibility index (Phi) is 5.24. The zero-order valence-electron chi connectivity index (χ0n) is 13.6. The van der Waals surface area contributed by atoms with Crippen LogP contribution in [0.3, 0.4) is 0 Å². The highest BCUT2D eigenvalue weighted by molar-refractivity contribution is 7.17. The number of rotatable bonds is 8. The molecule has 0 spiro atoms. The van der Waals surface area contributed by atoms with E-state index in [0.717, 1.165) is 31.4 Å². The summed E-state index contributed by atoms with van der Waals surface area (Å²) in [4.78, 5) is 24.1. The summed E-state index contributed by atoms with van der Waals surface area (Å²) in [5.41, 5.74) is 13.0. The zero-order valence-corrected chi connectivity index (χ0v) is 14.4. The summed E-state index contributed by atoms with van der Waals surface area (Å²) in [5, 5.41) is 3.70. The maximum absolute atomic E-state index is 11.2. The average molecular weight is 357 g/mol. The van der Waals surface area contributed by atoms with E-state index in [2.05, 4.69) is 20.3 Å². The normalized spacial score (nSPS) is 10.7. The van der Waals surface area contributed by atoms with Crippen molar-refractivity contribution in [2.45, 2.75) is 25.8 Å². The number of carbonyl (C=O) groups is 1. The molecule has 0 saturated heterocycles. The van der Waals surface area contributed by atoms with Crippen molar-refractivity contribution in [3.63, 3.8) is 0 Å². The molecule has 1 amide bonds. The number of hydrogen-bond donors (Lipinski definition) is 3. The van der Waals surface area contributed by atoms with Crippen LogP contribution < -0.4 is 16.8 Å². The Morgan fingerprint density at radius 2 is 2.16 bits per heavy atom. The summed E-state index contributed by atoms with van der Waals surface area (Å²) in [7, 11) is 0. The number of nitrogens with zero attached hydrogens (tertiary/aromatic N) is 4. The topological polar surface area (TPSA) is 125 Å². The number of nitrogen functional groups attached to an aromatic ring is 1. The van der Waals surface area contributed by atoms with Gasteiger partial charge in [-0.3, -0.25) is 4.79 Å². The van der Waals surface area contributed by atoms with E-state index in [9.17, 15) is 4.79 Å². The summed E-state index contributed by atoms with van der Waals surface area (Å²) in [6, 6.07) is 1.78. The minimum Gasteiger partial charge on any atom is -0.398 e. The highest BCUT2D eigenvalue weighted by Gasteiger charge is 2.12. The van der Waals surface area contributed by atoms with Crippen LogP contribution in [0.1, 0.15) is 28.1 Å². The van der Waals surface area contributed by atoms with Gasteiger partial charge in [0.05, 0.1) is 12.5 Å². The van der Waals surface area contributed by atoms with Gasteiger partial charge in [-0.25, -0.2) is 15.0 Å². The highest BCUT2D eigenvalue weighted by Crippen LogP contribution is 2.27. The molecule has 25 heavy (non-hydrogen) atoms. The quantitative estimate of drug-likeness (QED) is 0.531. The number of imidazole rings is 1. The number of pyridine rings is 1. The SMILES string of the molecule is NC(=O)c1cnc(Nc2nccc(N)c2CCCCn2ccnc2)s1. The Hall–Kier alpha value is -2.94. The molecule has 0 bridgehead atoms. The molecular weight excluding hydrogens is 338 g/mol. The predicted molar refractivity (Wildman–Crippen MR) is 97.7 cm³/mol. The largest absolute Gasteiger partial charge is 0.398 e. The van der Waals surface area contributed by atoms with E-state index in [0.29, 0.717) is 21.5 Å². The Bertz CT molecular complexity index is 844. The van der Waals surface area contributed by atoms with E-state index in [4.69, 9.17) is 11.5 Å². The molecule has 3 heterocycles. The predicted octanol–water partition coefficient (Wildman–Crippen LogP) is 2.18. The molecule has 0 aromatic carbocycles. The van der Waals surface area contributed by atoms with Crippen LogP contribution in [0, 0.1) is 0 Å². The van der Waals surface area contributed by atoms with E-state index >= 15 is 0 Å². The molecule has 0 unspecified atom stereocenters. The maximum atomic E-state index is 11.2. The van der Waals surface area contributed by atoms with Gasteiger partial charge in [-0.2, -0.15) is 0 Å². The second kappa shape index (κ2) is 7.75. The van der Waals surface area contributed by atoms with Gasteiger partial charge in [0.1, 0.15) is 10.7 Å². The lowest BCUT2D eigenvalue weighted by Gasteiger charge is -2.11. The van der Waals surface area contributed by atoms with Gasteiger partial charge in [0.25, 0.3) is 5.91 Å². The van der Waals surface area contributed by atoms with Crippen LogP contribution in [0.15, 0.2) is 37.2 Å². The molecule has 5 N–H and O–H groups in total. The molecule has 3 aromatic rings. The zero-order chi connectivity index (χ0) is 17.6. The second-order valence-electron chi connectivity index (χ2n) is 5.50. The number of unbranched alkanes of at least 4 members (excludes halogenated alkanes) is 1. The molecule has 3 aromatic heterocycles. The fraction of sp³-hybridized carbons (Fsp3) is 0.250. The number of nitrogens with two attached hydrogens (primary N) is 2. The fourth-order valence-corrected chi connectivity index (χ4v) is 3.11. The first kappa shape index (κ1) is 16.9. The second-order valence-corrected chi connectivity index (χ2v) is 6.53. The summed E-state index contributed by atoms with van der Waals surface area (Å²) in [5.74, 6) is 0.166. The molecule has 8 nitrogen and oxygen atoms in total. The number of primary amides is 1. The van der Waals surface area contributed by atoms with E-state index in [-0.39, 0.29) is 0 Å². The van der Waals surface area contributed by atoms with Crippen molar-refractivity contribution >= 4 is 33.9 Å². The number of anilines is 3. The monoisotopic (exact) mass is 357 g/mol. The smallest absolute Gasteiger partial charge is 0.260 e. The van der Waals surface area contributed by atoms with Crippen LogP contribution in [-0.4, -0.2) is 25.4 Å². The van der Waals surface area contributed by atoms with Crippen molar-refractivity contribution in [2.75, 3.05) is 11.1 Å². The first-order chi connectivity index (χ1) is 12.1. The minimum atomic E-state index is -0.495. The van der Waals surface area contributed by atoms with Gasteiger partial charge < -0.3 is 21.4 Å². The molecule has 0 radical (unpaired) electrons. The lowest BCUT2D eigenvalue weighted by Crippen LogP contribution is -2.08. The Labute approximate surface area is 148 Å². The van der Waals surface area contributed by atoms with Crippen LogP contribution in [0.4, 0.5) is 16.6 Å². The van der Waals surface area contributed by atoms with E-state index < -0.39 is 5.91 Å². The third-order valence-electron chi connectivity index (χ3n) is 3.72. The number of carbonyl (C=O) groups excluding carboxylic acids is 1. The van der Waals surface area contributed by atoms with Crippen molar-refractivity contribution in [1.29, 1.82) is 0 Å². The van der Waals surface area contributed by atoms with Gasteiger partial charge >= 0.3 is 0 Å². The molecule has 0 fully saturated rings. The van der Waals surface area contributed by atoms with Crippen LogP contribution in [0.5, 0.6) is 0 Å². The standard InChI is InChI=1S/C16H19N7OS/c17-12-4-5-20-15(22-16-21-9-13(25-16)14(18)24)11(12)3-1-2-7-23-8-6-19-10-23/h4-6,8-10H,1-3,7H2,(H2,18,24)(H3,17,20,21,22). The third-order valence-corrected chi connectivity index (χ3v) is 4.65. The van der Waals surface area contributed by atoms with Crippen molar-refractivity contribution < 1.29 is 4.79 Å². The maximum Gasteiger partial charge on any atom is 0.260 e. The van der Waals surface area contributed by atoms with Crippen LogP contribution in [0.2, 0.25) is 0 Å². The van der Waals surface area contributed by atoms with Gasteiger partial charge in [-0.15, -0.1) is 0 Å². The summed E-state index contributed by atoms with van der Waals surface area (Å²) < 4.78 is 2.05. The van der Waals surface area contributed by atoms with Crippen molar-refractivity contribution in [3.8, 4) is 0 Å². The molecule has 0 aliphatic heterocycles. The lowest BCUT2D eigenvalue weighted by molar-refractivity contribution is 0.100. The first-order valence-electron chi connectivity index (χ1n) is 7.85. The molecular formula is C16H19N7OS. The molecule has 0 atom stereocenters. The fourth-order valence-electron chi connectivity index (χ4n) is 2.44. The Balaban J connectivity index is 1.65. The molecule has 130 valence electrons. The van der Waals surface area contributed by atoms with Crippen LogP contribution in [0.25, 0.3) is 0 Å². The average Bonchev–Trinajstić information content (AvgIpc) is 3.25. The van der Waals surface area contributed by atoms with E-state index in [1.165, 1.54) is 17.5 Å². The lowest BCUT2D eigenvalue weighted by atomic mass is 10.1. The van der Waals surface area contributed by atoms with E-state index in [1.54, 1.807) is 18.5 Å². The molecule has 0 saturated carbocycles. The number of hydrogen-bond acceptors (Lipinski definition) is 7. The molecule has 0 aliphatic carbocycles. The molecule has 3 rings (SSSR count). The molecule has 9 heteroatoms.